The summed E-state index contributed by atoms with van der Waals surface area (Å²) in [6.45, 7) is 6.57. The Kier molecular flexibility index (Phi) is 3.53. The van der Waals surface area contributed by atoms with E-state index in [1.807, 2.05) is 0 Å². The molecule has 2 saturated carbocycles. The van der Waals surface area contributed by atoms with E-state index in [-0.39, 0.29) is 0 Å². The van der Waals surface area contributed by atoms with Gasteiger partial charge in [-0.2, -0.15) is 0 Å². The molecule has 0 aliphatic heterocycles. The number of hydrogen-bond acceptors (Lipinski definition) is 0. The van der Waals surface area contributed by atoms with Crippen LogP contribution in [0.15, 0.2) is 12.7 Å². The normalized spacial score (nSPS) is 38.9. The molecule has 0 spiro atoms. The summed E-state index contributed by atoms with van der Waals surface area (Å²) >= 11 is 0. The van der Waals surface area contributed by atoms with Crippen molar-refractivity contribution >= 4 is 0 Å². The fraction of sp³-hybridized carbons (Fsp3) is 0.867. The molecular formula is C15H26. The summed E-state index contributed by atoms with van der Waals surface area (Å²) in [6, 6.07) is 0. The molecule has 0 radical (unpaired) electrons. The molecule has 0 saturated heterocycles. The van der Waals surface area contributed by atoms with Crippen LogP contribution in [-0.2, 0) is 0 Å². The van der Waals surface area contributed by atoms with Gasteiger partial charge in [-0.25, -0.2) is 0 Å². The Labute approximate surface area is 95.1 Å². The maximum Gasteiger partial charge on any atom is -0.00925 e. The van der Waals surface area contributed by atoms with Crippen LogP contribution in [0.5, 0.6) is 0 Å². The van der Waals surface area contributed by atoms with E-state index in [1.54, 1.807) is 0 Å². The highest BCUT2D eigenvalue weighted by molar-refractivity contribution is 5.02. The number of allylic oxidation sites excluding steroid dienone is 1. The lowest BCUT2D eigenvalue weighted by Gasteiger charge is -2.45. The second-order valence-electron chi connectivity index (χ2n) is 5.95. The van der Waals surface area contributed by atoms with E-state index in [4.69, 9.17) is 0 Å². The van der Waals surface area contributed by atoms with Gasteiger partial charge in [-0.3, -0.25) is 0 Å². The minimum absolute atomic E-state index is 0.535. The van der Waals surface area contributed by atoms with Gasteiger partial charge in [-0.05, 0) is 55.8 Å². The number of hydrogen-bond donors (Lipinski definition) is 0. The maximum absolute atomic E-state index is 4.16. The molecular weight excluding hydrogens is 180 g/mol. The third kappa shape index (κ3) is 2.29. The van der Waals surface area contributed by atoms with Gasteiger partial charge in [0.05, 0.1) is 0 Å². The molecule has 0 unspecified atom stereocenters. The van der Waals surface area contributed by atoms with Crippen LogP contribution in [0.2, 0.25) is 0 Å². The Morgan fingerprint density at radius 1 is 1.00 bits per heavy atom. The average molecular weight is 206 g/mol. The Bertz CT molecular complexity index is 202. The van der Waals surface area contributed by atoms with Gasteiger partial charge in [0, 0.05) is 0 Å². The van der Waals surface area contributed by atoms with Crippen molar-refractivity contribution in [2.45, 2.75) is 64.7 Å². The zero-order valence-electron chi connectivity index (χ0n) is 10.3. The van der Waals surface area contributed by atoms with Gasteiger partial charge >= 0.3 is 0 Å². The minimum atomic E-state index is 0.535. The van der Waals surface area contributed by atoms with Crippen molar-refractivity contribution in [3.63, 3.8) is 0 Å². The van der Waals surface area contributed by atoms with Crippen LogP contribution >= 0.6 is 0 Å². The van der Waals surface area contributed by atoms with Crippen LogP contribution < -0.4 is 0 Å². The first-order valence-electron chi connectivity index (χ1n) is 6.90. The molecule has 0 N–H and O–H groups in total. The molecule has 15 heavy (non-hydrogen) atoms. The van der Waals surface area contributed by atoms with Gasteiger partial charge in [0.15, 0.2) is 0 Å². The first-order valence-corrected chi connectivity index (χ1v) is 6.90. The van der Waals surface area contributed by atoms with Crippen LogP contribution in [0, 0.1) is 17.3 Å². The fourth-order valence-electron chi connectivity index (χ4n) is 3.76. The summed E-state index contributed by atoms with van der Waals surface area (Å²) in [6.07, 6.45) is 15.4. The van der Waals surface area contributed by atoms with Gasteiger partial charge < -0.3 is 0 Å². The number of rotatable bonds is 2. The van der Waals surface area contributed by atoms with Crippen LogP contribution in [-0.4, -0.2) is 0 Å². The maximum atomic E-state index is 4.16. The fourth-order valence-corrected chi connectivity index (χ4v) is 3.76. The molecule has 2 aliphatic rings. The Morgan fingerprint density at radius 3 is 2.13 bits per heavy atom. The topological polar surface area (TPSA) is 0 Å². The highest BCUT2D eigenvalue weighted by atomic mass is 14.4. The molecule has 2 fully saturated rings. The summed E-state index contributed by atoms with van der Waals surface area (Å²) < 4.78 is 0. The van der Waals surface area contributed by atoms with E-state index in [0.717, 1.165) is 11.8 Å². The molecule has 2 rings (SSSR count). The van der Waals surface area contributed by atoms with Crippen molar-refractivity contribution in [3.05, 3.63) is 12.7 Å². The summed E-state index contributed by atoms with van der Waals surface area (Å²) in [7, 11) is 0. The van der Waals surface area contributed by atoms with E-state index in [1.165, 1.54) is 57.8 Å². The Morgan fingerprint density at radius 2 is 1.60 bits per heavy atom. The lowest BCUT2D eigenvalue weighted by molar-refractivity contribution is 0.1000. The van der Waals surface area contributed by atoms with Gasteiger partial charge in [0.2, 0.25) is 0 Å². The van der Waals surface area contributed by atoms with E-state index in [2.05, 4.69) is 19.6 Å². The van der Waals surface area contributed by atoms with E-state index in [9.17, 15) is 0 Å². The molecule has 0 aromatic carbocycles. The SMILES string of the molecule is C=CC1(C2CCCCC2)CCC(C)CC1. The average Bonchev–Trinajstić information content (AvgIpc) is 2.32. The highest BCUT2D eigenvalue weighted by Gasteiger charge is 2.38. The van der Waals surface area contributed by atoms with Crippen molar-refractivity contribution in [2.24, 2.45) is 17.3 Å². The monoisotopic (exact) mass is 206 g/mol. The molecule has 0 aromatic heterocycles. The molecule has 86 valence electrons. The Balaban J connectivity index is 2.03. The van der Waals surface area contributed by atoms with Crippen molar-refractivity contribution in [1.29, 1.82) is 0 Å². The Hall–Kier alpha value is -0.260. The molecule has 0 atom stereocenters. The highest BCUT2D eigenvalue weighted by Crippen LogP contribution is 2.50. The van der Waals surface area contributed by atoms with E-state index in [0.29, 0.717) is 5.41 Å². The first-order chi connectivity index (χ1) is 7.27. The molecule has 2 aliphatic carbocycles. The first kappa shape index (κ1) is 11.2. The smallest absolute Gasteiger partial charge is 0.00925 e. The van der Waals surface area contributed by atoms with Gasteiger partial charge in [0.1, 0.15) is 0 Å². The third-order valence-corrected chi connectivity index (χ3v) is 5.03. The largest absolute Gasteiger partial charge is 0.103 e. The summed E-state index contributed by atoms with van der Waals surface area (Å²) in [4.78, 5) is 0. The van der Waals surface area contributed by atoms with Crippen molar-refractivity contribution in [3.8, 4) is 0 Å². The van der Waals surface area contributed by atoms with E-state index >= 15 is 0 Å². The van der Waals surface area contributed by atoms with Crippen LogP contribution in [0.1, 0.15) is 64.7 Å². The zero-order valence-corrected chi connectivity index (χ0v) is 10.3. The lowest BCUT2D eigenvalue weighted by Crippen LogP contribution is -2.34. The summed E-state index contributed by atoms with van der Waals surface area (Å²) in [5.74, 6) is 1.93. The third-order valence-electron chi connectivity index (χ3n) is 5.03. The second kappa shape index (κ2) is 4.72. The predicted molar refractivity (Wildman–Crippen MR) is 66.8 cm³/mol. The predicted octanol–water partition coefficient (Wildman–Crippen LogP) is 4.95. The standard InChI is InChI=1S/C15H26/c1-3-15(11-9-13(2)10-12-15)14-7-5-4-6-8-14/h3,13-14H,1,4-12H2,2H3. The van der Waals surface area contributed by atoms with Gasteiger partial charge in [0.25, 0.3) is 0 Å². The molecule has 0 aromatic rings. The second-order valence-corrected chi connectivity index (χ2v) is 5.95. The van der Waals surface area contributed by atoms with E-state index < -0.39 is 0 Å². The zero-order chi connectivity index (χ0) is 10.7. The van der Waals surface area contributed by atoms with Gasteiger partial charge in [-0.15, -0.1) is 6.58 Å². The molecule has 0 bridgehead atoms. The van der Waals surface area contributed by atoms with Crippen molar-refractivity contribution in [2.75, 3.05) is 0 Å². The van der Waals surface area contributed by atoms with Crippen LogP contribution in [0.3, 0.4) is 0 Å². The summed E-state index contributed by atoms with van der Waals surface area (Å²) in [5, 5.41) is 0. The quantitative estimate of drug-likeness (QED) is 0.561. The summed E-state index contributed by atoms with van der Waals surface area (Å²) in [5.41, 5.74) is 0.535. The van der Waals surface area contributed by atoms with Crippen molar-refractivity contribution in [1.82, 2.24) is 0 Å². The van der Waals surface area contributed by atoms with Gasteiger partial charge in [-0.1, -0.05) is 32.3 Å². The molecule has 0 heterocycles. The van der Waals surface area contributed by atoms with Crippen LogP contribution in [0.25, 0.3) is 0 Å². The van der Waals surface area contributed by atoms with Crippen molar-refractivity contribution < 1.29 is 0 Å². The molecule has 0 nitrogen and oxygen atoms in total. The lowest BCUT2D eigenvalue weighted by atomic mass is 9.60. The van der Waals surface area contributed by atoms with Crippen LogP contribution in [0.4, 0.5) is 0 Å². The molecule has 0 heteroatoms. The minimum Gasteiger partial charge on any atom is -0.103 e. The molecule has 0 amide bonds.